The number of nitrogens with two attached hydrogens (primary N) is 1. The summed E-state index contributed by atoms with van der Waals surface area (Å²) in [6.07, 6.45) is 7.38. The fourth-order valence-corrected chi connectivity index (χ4v) is 16.6. The highest BCUT2D eigenvalue weighted by atomic mass is 32.2. The number of fused-ring (bicyclic) bond motifs is 4. The quantitative estimate of drug-likeness (QED) is 0.0126. The van der Waals surface area contributed by atoms with E-state index in [1.807, 2.05) is 59.0 Å². The highest BCUT2D eigenvalue weighted by Crippen LogP contribution is 2.60. The molecule has 4 unspecified atom stereocenters. The third-order valence-electron chi connectivity index (χ3n) is 19.1. The lowest BCUT2D eigenvalue weighted by Crippen LogP contribution is -2.55. The van der Waals surface area contributed by atoms with E-state index in [0.29, 0.717) is 71.4 Å². The van der Waals surface area contributed by atoms with Crippen molar-refractivity contribution in [2.45, 2.75) is 137 Å². The summed E-state index contributed by atoms with van der Waals surface area (Å²) in [7, 11) is -4.52. The van der Waals surface area contributed by atoms with E-state index in [2.05, 4.69) is 47.0 Å². The number of aromatic nitrogens is 4. The molecule has 8 N–H and O–H groups in total. The van der Waals surface area contributed by atoms with Crippen LogP contribution in [0.3, 0.4) is 0 Å². The minimum Gasteiger partial charge on any atom is -0.476 e. The Balaban J connectivity index is 0.759. The maximum Gasteiger partial charge on any atom is 0.410 e. The van der Waals surface area contributed by atoms with Gasteiger partial charge >= 0.3 is 18.1 Å². The lowest BCUT2D eigenvalue weighted by atomic mass is 9.51. The summed E-state index contributed by atoms with van der Waals surface area (Å²) in [6, 6.07) is 21.5. The standard InChI is InChI=1S/C71H86N12O15S2/c1-43(2)61(78-58(85)25-28-82-59(86)22-23-60(82)87)55(84)33-48(12-10-26-73-66(72)92)63(88)75-49-18-16-46(17-19-49)38-97-68(93)80(30-32-100(94,95)96)29-31-98-71-35-44(3)34-69(5,40-71)39-70(6,41-71)42-83-45(4)52(36-74-83)50-20-21-57(77-62(50)65(90)91)81-27-24-47-11-9-13-51(53(47)37-81)64(89)79-67-76-54-14-7-8-15-56(54)99-67/h7-9,11,13-23,36,43-44,48,61H,10,12,24-35,37-42H2,1-6H3,(H,75,88)(H,78,85)(H,90,91)(H3,72,73,92)(H,76,79,89)(H,94,95,96)/t44?,48-,61+,69?,70?,71?/m1/s1. The third kappa shape index (κ3) is 18.3. The summed E-state index contributed by atoms with van der Waals surface area (Å²) in [6.45, 7) is 12.6. The van der Waals surface area contributed by atoms with Gasteiger partial charge in [0.2, 0.25) is 11.8 Å². The first-order valence-corrected chi connectivity index (χ1v) is 36.0. The molecule has 0 saturated heterocycles. The van der Waals surface area contributed by atoms with Gasteiger partial charge < -0.3 is 46.1 Å². The number of nitrogens with zero attached hydrogens (tertiary/aromatic N) is 7. The number of ketones is 1. The number of anilines is 3. The second-order valence-corrected chi connectivity index (χ2v) is 30.5. The van der Waals surface area contributed by atoms with Gasteiger partial charge in [-0.2, -0.15) is 13.5 Å². The maximum absolute atomic E-state index is 13.9. The number of carbonyl (C=O) groups excluding carboxylic acids is 8. The van der Waals surface area contributed by atoms with Crippen LogP contribution in [0.1, 0.15) is 136 Å². The van der Waals surface area contributed by atoms with Crippen molar-refractivity contribution in [3.63, 3.8) is 0 Å². The Morgan fingerprint density at radius 1 is 0.890 bits per heavy atom. The summed E-state index contributed by atoms with van der Waals surface area (Å²) in [5, 5.41) is 27.0. The van der Waals surface area contributed by atoms with Crippen LogP contribution < -0.4 is 31.9 Å². The molecule has 2 saturated carbocycles. The SMILES string of the molecule is Cc1c(-c2ccc(N3CCc4cccc(C(=O)Nc5nc6ccccc6s5)c4C3)nc2C(=O)O)cnn1CC1(C)CC2(C)CC(C)CC(OCCN(CCS(=O)(=O)O)C(=O)OCc3ccc(NC(=O)[C@H](CCCNC(N)=O)CC(=O)[C@@H](NC(=O)CCN4C(=O)C=CC4=O)C(C)C)cc3)(C2)C1. The number of carboxylic acid groups (broad SMARTS) is 1. The largest absolute Gasteiger partial charge is 0.476 e. The first-order valence-electron chi connectivity index (χ1n) is 33.5. The number of urea groups is 1. The van der Waals surface area contributed by atoms with Gasteiger partial charge in [0, 0.05) is 105 Å². The highest BCUT2D eigenvalue weighted by molar-refractivity contribution is 7.85. The number of ether oxygens (including phenoxy) is 2. The summed E-state index contributed by atoms with van der Waals surface area (Å²) < 4.78 is 49.5. The number of amides is 8. The van der Waals surface area contributed by atoms with Crippen LogP contribution in [0.15, 0.2) is 97.2 Å². The Labute approximate surface area is 583 Å². The van der Waals surface area contributed by atoms with Gasteiger partial charge in [-0.3, -0.25) is 48.2 Å². The van der Waals surface area contributed by atoms with Crippen LogP contribution in [0.5, 0.6) is 0 Å². The molecule has 2 aliphatic carbocycles. The molecule has 0 radical (unpaired) electrons. The molecule has 3 aromatic carbocycles. The molecule has 27 nitrogen and oxygen atoms in total. The number of thiazole rings is 1. The number of imide groups is 1. The molecule has 6 atom stereocenters. The average Bonchev–Trinajstić information content (AvgIpc) is 0.904. The minimum absolute atomic E-state index is 0.00946. The van der Waals surface area contributed by atoms with Crippen LogP contribution in [-0.2, 0) is 69.7 Å². The number of carboxylic acids is 1. The Kier molecular flexibility index (Phi) is 22.7. The van der Waals surface area contributed by atoms with Crippen LogP contribution in [0.4, 0.5) is 26.2 Å². The van der Waals surface area contributed by atoms with Gasteiger partial charge in [0.1, 0.15) is 12.4 Å². The van der Waals surface area contributed by atoms with E-state index in [0.717, 1.165) is 69.8 Å². The number of pyridine rings is 1. The van der Waals surface area contributed by atoms with Crippen molar-refractivity contribution in [3.05, 3.63) is 131 Å². The van der Waals surface area contributed by atoms with Crippen LogP contribution in [0.25, 0.3) is 21.3 Å². The van der Waals surface area contributed by atoms with Gasteiger partial charge in [0.15, 0.2) is 16.6 Å². The number of aromatic carboxylic acids is 1. The molecular weight excluding hydrogens is 1320 g/mol. The number of para-hydroxylation sites is 1. The summed E-state index contributed by atoms with van der Waals surface area (Å²) in [4.78, 5) is 130. The van der Waals surface area contributed by atoms with Crippen molar-refractivity contribution in [1.29, 1.82) is 0 Å². The highest BCUT2D eigenvalue weighted by Gasteiger charge is 2.56. The van der Waals surface area contributed by atoms with Crippen molar-refractivity contribution >= 4 is 102 Å². The first kappa shape index (κ1) is 73.3. The maximum atomic E-state index is 13.9. The van der Waals surface area contributed by atoms with E-state index in [4.69, 9.17) is 25.3 Å². The molecule has 532 valence electrons. The van der Waals surface area contributed by atoms with E-state index in [1.54, 1.807) is 56.4 Å². The Morgan fingerprint density at radius 2 is 1.64 bits per heavy atom. The molecular formula is C71H86N12O15S2. The minimum atomic E-state index is -4.52. The molecule has 10 rings (SSSR count). The summed E-state index contributed by atoms with van der Waals surface area (Å²) in [5.74, 6) is -5.44. The van der Waals surface area contributed by atoms with Gasteiger partial charge in [0.25, 0.3) is 27.8 Å². The summed E-state index contributed by atoms with van der Waals surface area (Å²) >= 11 is 1.40. The van der Waals surface area contributed by atoms with Gasteiger partial charge in [-0.15, -0.1) is 0 Å². The van der Waals surface area contributed by atoms with Crippen molar-refractivity contribution in [3.8, 4) is 11.1 Å². The van der Waals surface area contributed by atoms with E-state index in [9.17, 15) is 61.2 Å². The normalized spacial score (nSPS) is 20.2. The molecule has 2 bridgehead atoms. The molecule has 29 heteroatoms. The Hall–Kier alpha value is -9.45. The molecule has 0 spiro atoms. The molecule has 2 aliphatic heterocycles. The number of Topliss-reactive ketones (excluding diaryl/α,β-unsaturated/α-hetero) is 1. The number of primary amides is 1. The van der Waals surface area contributed by atoms with E-state index in [1.165, 1.54) is 16.2 Å². The smallest absolute Gasteiger partial charge is 0.410 e. The van der Waals surface area contributed by atoms with Crippen molar-refractivity contribution in [2.75, 3.05) is 60.6 Å². The number of hydrogen-bond acceptors (Lipinski definition) is 18. The molecule has 5 heterocycles. The second-order valence-electron chi connectivity index (χ2n) is 27.9. The molecule has 2 fully saturated rings. The fraction of sp³-hybridized carbons (Fsp3) is 0.465. The van der Waals surface area contributed by atoms with Crippen molar-refractivity contribution < 1.29 is 70.7 Å². The van der Waals surface area contributed by atoms with Gasteiger partial charge in [-0.05, 0) is 140 Å². The zero-order valence-electron chi connectivity index (χ0n) is 56.9. The van der Waals surface area contributed by atoms with Crippen LogP contribution in [0, 0.1) is 35.5 Å². The van der Waals surface area contributed by atoms with Gasteiger partial charge in [-0.1, -0.05) is 82.4 Å². The lowest BCUT2D eigenvalue weighted by molar-refractivity contribution is -0.179. The van der Waals surface area contributed by atoms with Crippen LogP contribution in [-0.4, -0.2) is 158 Å². The third-order valence-corrected chi connectivity index (χ3v) is 20.8. The molecule has 3 aromatic heterocycles. The number of benzene rings is 3. The first-order chi connectivity index (χ1) is 47.4. The second kappa shape index (κ2) is 31.0. The van der Waals surface area contributed by atoms with Gasteiger partial charge in [0.05, 0.1) is 40.4 Å². The molecule has 8 amide bonds. The van der Waals surface area contributed by atoms with E-state index in [-0.39, 0.29) is 86.9 Å². The number of carbonyl (C=O) groups is 9. The zero-order valence-corrected chi connectivity index (χ0v) is 58.5. The fourth-order valence-electron chi connectivity index (χ4n) is 15.2. The van der Waals surface area contributed by atoms with Gasteiger partial charge in [-0.25, -0.2) is 24.4 Å². The Morgan fingerprint density at radius 3 is 2.35 bits per heavy atom. The molecule has 6 aromatic rings. The average molecular weight is 1410 g/mol. The Bertz CT molecular complexity index is 4220. The monoisotopic (exact) mass is 1410 g/mol. The van der Waals surface area contributed by atoms with Crippen molar-refractivity contribution in [2.24, 2.45) is 34.3 Å². The lowest BCUT2D eigenvalue weighted by Gasteiger charge is -2.58. The topological polar surface area (TPSA) is 374 Å². The molecule has 4 aliphatic rings. The predicted molar refractivity (Wildman–Crippen MR) is 373 cm³/mol. The van der Waals surface area contributed by atoms with E-state index >= 15 is 0 Å². The molecule has 100 heavy (non-hydrogen) atoms. The van der Waals surface area contributed by atoms with Crippen molar-refractivity contribution in [1.82, 2.24) is 40.2 Å². The number of hydrogen-bond donors (Lipinski definition) is 7. The number of rotatable bonds is 30. The zero-order chi connectivity index (χ0) is 71.8. The summed E-state index contributed by atoms with van der Waals surface area (Å²) in [5.41, 5.74) is 9.68. The van der Waals surface area contributed by atoms with Crippen LogP contribution in [0.2, 0.25) is 0 Å². The van der Waals surface area contributed by atoms with Crippen LogP contribution >= 0.6 is 11.3 Å². The predicted octanol–water partition coefficient (Wildman–Crippen LogP) is 8.70. The van der Waals surface area contributed by atoms with E-state index < -0.39 is 93.4 Å². The number of nitrogens with one attached hydrogen (secondary N) is 4.